The smallest absolute Gasteiger partial charge is 0.384 e. The fourth-order valence-electron chi connectivity index (χ4n) is 6.01. The van der Waals surface area contributed by atoms with Crippen LogP contribution in [0.15, 0.2) is 18.2 Å². The number of hydrogen-bond acceptors (Lipinski definition) is 5. The molecular formula is C20H26O6S. The van der Waals surface area contributed by atoms with Gasteiger partial charge >= 0.3 is 10.4 Å². The van der Waals surface area contributed by atoms with E-state index >= 15 is 0 Å². The first-order valence-electron chi connectivity index (χ1n) is 9.56. The van der Waals surface area contributed by atoms with Crippen molar-refractivity contribution in [3.8, 4) is 5.75 Å². The Morgan fingerprint density at radius 1 is 1.26 bits per heavy atom. The van der Waals surface area contributed by atoms with Crippen molar-refractivity contribution in [1.29, 1.82) is 0 Å². The summed E-state index contributed by atoms with van der Waals surface area (Å²) in [5.41, 5.74) is 2.05. The molecule has 1 aromatic rings. The van der Waals surface area contributed by atoms with Gasteiger partial charge in [-0.15, -0.1) is 0 Å². The molecule has 4 rings (SSSR count). The molecule has 7 heteroatoms. The molecule has 3 unspecified atom stereocenters. The Hall–Kier alpha value is -1.44. The van der Waals surface area contributed by atoms with Crippen LogP contribution in [0, 0.1) is 17.3 Å². The number of Topliss-reactive ketones (excluding diaryl/α,β-unsaturated/α-hetero) is 1. The van der Waals surface area contributed by atoms with Crippen molar-refractivity contribution in [1.82, 2.24) is 0 Å². The van der Waals surface area contributed by atoms with E-state index < -0.39 is 10.4 Å². The van der Waals surface area contributed by atoms with E-state index in [0.29, 0.717) is 36.6 Å². The van der Waals surface area contributed by atoms with Gasteiger partial charge < -0.3 is 8.92 Å². The number of carbonyl (C=O) groups excluding carboxylic acids is 1. The fourth-order valence-corrected chi connectivity index (χ4v) is 6.35. The Morgan fingerprint density at radius 3 is 2.74 bits per heavy atom. The van der Waals surface area contributed by atoms with Gasteiger partial charge in [-0.25, -0.2) is 0 Å². The molecule has 0 heterocycles. The van der Waals surface area contributed by atoms with Gasteiger partial charge in [-0.1, -0.05) is 13.0 Å². The number of rotatable bonds is 4. The predicted octanol–water partition coefficient (Wildman–Crippen LogP) is 3.48. The zero-order valence-corrected chi connectivity index (χ0v) is 16.5. The van der Waals surface area contributed by atoms with E-state index in [1.165, 1.54) is 5.56 Å². The molecule has 3 aliphatic carbocycles. The second kappa shape index (κ2) is 6.57. The molecule has 148 valence electrons. The van der Waals surface area contributed by atoms with Gasteiger partial charge in [0.15, 0.2) is 0 Å². The van der Waals surface area contributed by atoms with E-state index in [2.05, 4.69) is 11.1 Å². The molecule has 0 radical (unpaired) electrons. The monoisotopic (exact) mass is 394 g/mol. The number of fused-ring (bicyclic) bond motifs is 5. The van der Waals surface area contributed by atoms with Crippen LogP contribution in [-0.2, 0) is 19.9 Å². The quantitative estimate of drug-likeness (QED) is 0.787. The molecule has 2 saturated carbocycles. The summed E-state index contributed by atoms with van der Waals surface area (Å²) >= 11 is 0. The maximum absolute atomic E-state index is 12.5. The van der Waals surface area contributed by atoms with Crippen LogP contribution < -0.4 is 4.18 Å². The third-order valence-corrected chi connectivity index (χ3v) is 7.57. The first kappa shape index (κ1) is 18.9. The zero-order valence-electron chi connectivity index (χ0n) is 15.7. The molecule has 5 atom stereocenters. The summed E-state index contributed by atoms with van der Waals surface area (Å²) in [5, 5.41) is 0. The molecule has 6 nitrogen and oxygen atoms in total. The van der Waals surface area contributed by atoms with E-state index in [1.54, 1.807) is 19.2 Å². The van der Waals surface area contributed by atoms with Crippen LogP contribution in [0.1, 0.15) is 62.0 Å². The molecule has 2 fully saturated rings. The predicted molar refractivity (Wildman–Crippen MR) is 99.2 cm³/mol. The van der Waals surface area contributed by atoms with Gasteiger partial charge in [0.1, 0.15) is 11.5 Å². The molecule has 3 aliphatic rings. The Morgan fingerprint density at radius 2 is 2.04 bits per heavy atom. The molecule has 0 aliphatic heterocycles. The summed E-state index contributed by atoms with van der Waals surface area (Å²) in [7, 11) is -2.89. The summed E-state index contributed by atoms with van der Waals surface area (Å²) in [4.78, 5) is 12.5. The second-order valence-corrected chi connectivity index (χ2v) is 9.51. The highest BCUT2D eigenvalue weighted by Gasteiger charge is 2.55. The molecule has 1 aromatic carbocycles. The topological polar surface area (TPSA) is 89.9 Å². The zero-order chi connectivity index (χ0) is 19.4. The van der Waals surface area contributed by atoms with Crippen molar-refractivity contribution in [2.45, 2.75) is 50.9 Å². The van der Waals surface area contributed by atoms with Gasteiger partial charge in [-0.2, -0.15) is 8.42 Å². The van der Waals surface area contributed by atoms with Gasteiger partial charge in [0.05, 0.1) is 6.61 Å². The Bertz CT molecular complexity index is 863. The third kappa shape index (κ3) is 3.19. The van der Waals surface area contributed by atoms with Crippen LogP contribution in [0.25, 0.3) is 0 Å². The lowest BCUT2D eigenvalue weighted by atomic mass is 9.54. The first-order chi connectivity index (χ1) is 12.7. The van der Waals surface area contributed by atoms with Gasteiger partial charge in [-0.3, -0.25) is 9.35 Å². The highest BCUT2D eigenvalue weighted by atomic mass is 32.3. The van der Waals surface area contributed by atoms with Crippen LogP contribution in [-0.4, -0.2) is 32.5 Å². The van der Waals surface area contributed by atoms with Crippen molar-refractivity contribution in [3.05, 3.63) is 29.3 Å². The number of ketones is 1. The van der Waals surface area contributed by atoms with Gasteiger partial charge in [0, 0.05) is 24.9 Å². The second-order valence-electron chi connectivity index (χ2n) is 8.48. The van der Waals surface area contributed by atoms with E-state index in [4.69, 9.17) is 9.29 Å². The maximum atomic E-state index is 12.5. The van der Waals surface area contributed by atoms with E-state index in [0.717, 1.165) is 31.2 Å². The van der Waals surface area contributed by atoms with Crippen LogP contribution in [0.3, 0.4) is 0 Å². The van der Waals surface area contributed by atoms with Gasteiger partial charge in [0.25, 0.3) is 0 Å². The van der Waals surface area contributed by atoms with Crippen molar-refractivity contribution >= 4 is 16.2 Å². The SMILES string of the molecule is COCC1CC2[C@H](CCC3(C)C(=O)CC[C@@H]23)c2ccc(OS(=O)(=O)O)cc21. The summed E-state index contributed by atoms with van der Waals surface area (Å²) in [6, 6.07) is 5.25. The molecule has 0 aromatic heterocycles. The Balaban J connectivity index is 1.73. The molecule has 0 bridgehead atoms. The number of hydrogen-bond donors (Lipinski definition) is 1. The standard InChI is InChI=1S/C20H26O6S/c1-20-8-7-15-14-4-3-13(26-27(22,23)24)10-16(14)12(11-25-2)9-17(15)18(20)5-6-19(20)21/h3-4,10,12,15,17-18H,5-9,11H2,1-2H3,(H,22,23,24)/t12?,15-,17?,18+,20?/m1/s1. The molecule has 1 N–H and O–H groups in total. The molecule has 0 spiro atoms. The largest absolute Gasteiger partial charge is 0.446 e. The van der Waals surface area contributed by atoms with E-state index in [9.17, 15) is 13.2 Å². The molecular weight excluding hydrogens is 368 g/mol. The molecule has 27 heavy (non-hydrogen) atoms. The summed E-state index contributed by atoms with van der Waals surface area (Å²) in [5.74, 6) is 1.87. The Labute approximate surface area is 160 Å². The number of ether oxygens (including phenoxy) is 1. The Kier molecular flexibility index (Phi) is 4.60. The summed E-state index contributed by atoms with van der Waals surface area (Å²) in [6.45, 7) is 2.68. The minimum atomic E-state index is -4.55. The third-order valence-electron chi connectivity index (χ3n) is 7.17. The highest BCUT2D eigenvalue weighted by Crippen LogP contribution is 2.61. The lowest BCUT2D eigenvalue weighted by Crippen LogP contribution is -2.43. The fraction of sp³-hybridized carbons (Fsp3) is 0.650. The van der Waals surface area contributed by atoms with Crippen LogP contribution in [0.2, 0.25) is 0 Å². The van der Waals surface area contributed by atoms with Crippen LogP contribution in [0.5, 0.6) is 5.75 Å². The molecule has 0 saturated heterocycles. The number of benzene rings is 1. The van der Waals surface area contributed by atoms with Crippen molar-refractivity contribution in [2.24, 2.45) is 17.3 Å². The van der Waals surface area contributed by atoms with Crippen LogP contribution in [0.4, 0.5) is 0 Å². The number of methoxy groups -OCH3 is 1. The average Bonchev–Trinajstić information content (AvgIpc) is 2.89. The van der Waals surface area contributed by atoms with Crippen molar-refractivity contribution in [2.75, 3.05) is 13.7 Å². The van der Waals surface area contributed by atoms with E-state index in [1.807, 2.05) is 6.07 Å². The van der Waals surface area contributed by atoms with Crippen molar-refractivity contribution in [3.63, 3.8) is 0 Å². The average molecular weight is 394 g/mol. The highest BCUT2D eigenvalue weighted by molar-refractivity contribution is 7.81. The van der Waals surface area contributed by atoms with Crippen LogP contribution >= 0.6 is 0 Å². The summed E-state index contributed by atoms with van der Waals surface area (Å²) in [6.07, 6.45) is 4.46. The first-order valence-corrected chi connectivity index (χ1v) is 10.9. The van der Waals surface area contributed by atoms with Crippen molar-refractivity contribution < 1.29 is 26.7 Å². The normalized spacial score (nSPS) is 35.3. The van der Waals surface area contributed by atoms with E-state index in [-0.39, 0.29) is 17.1 Å². The maximum Gasteiger partial charge on any atom is 0.446 e. The van der Waals surface area contributed by atoms with Gasteiger partial charge in [0.2, 0.25) is 0 Å². The molecule has 0 amide bonds. The number of carbonyl (C=O) groups is 1. The minimum absolute atomic E-state index is 0.118. The minimum Gasteiger partial charge on any atom is -0.384 e. The lowest BCUT2D eigenvalue weighted by molar-refractivity contribution is -0.129. The van der Waals surface area contributed by atoms with Gasteiger partial charge in [-0.05, 0) is 66.7 Å². The summed E-state index contributed by atoms with van der Waals surface area (Å²) < 4.78 is 41.2. The lowest BCUT2D eigenvalue weighted by Gasteiger charge is -2.50.